The van der Waals surface area contributed by atoms with E-state index in [1.807, 2.05) is 6.07 Å². The Bertz CT molecular complexity index is 2580. The highest BCUT2D eigenvalue weighted by Gasteiger charge is 2.25. The molecule has 0 spiro atoms. The molecule has 0 amide bonds. The summed E-state index contributed by atoms with van der Waals surface area (Å²) in [7, 11) is 0. The van der Waals surface area contributed by atoms with Gasteiger partial charge in [-0.1, -0.05) is 109 Å². The minimum atomic E-state index is 0.878. The van der Waals surface area contributed by atoms with Crippen molar-refractivity contribution in [2.24, 2.45) is 0 Å². The second-order valence-corrected chi connectivity index (χ2v) is 11.3. The second kappa shape index (κ2) is 8.37. The Morgan fingerprint density at radius 3 is 1.98 bits per heavy atom. The Morgan fingerprint density at radius 2 is 1.07 bits per heavy atom. The summed E-state index contributed by atoms with van der Waals surface area (Å²) in [4.78, 5) is 0. The lowest BCUT2D eigenvalue weighted by Gasteiger charge is -2.21. The predicted octanol–water partition coefficient (Wildman–Crippen LogP) is 10.8. The molecule has 0 saturated carbocycles. The third-order valence-corrected chi connectivity index (χ3v) is 9.09. The van der Waals surface area contributed by atoms with Gasteiger partial charge in [0, 0.05) is 38.2 Å². The van der Waals surface area contributed by atoms with Crippen molar-refractivity contribution < 1.29 is 4.74 Å². The fourth-order valence-electron chi connectivity index (χ4n) is 7.28. The van der Waals surface area contributed by atoms with Crippen LogP contribution in [0.2, 0.25) is 0 Å². The molecule has 1 aliphatic rings. The van der Waals surface area contributed by atoms with Crippen LogP contribution in [0.1, 0.15) is 0 Å². The van der Waals surface area contributed by atoms with Crippen LogP contribution >= 0.6 is 0 Å². The fourth-order valence-corrected chi connectivity index (χ4v) is 7.28. The summed E-state index contributed by atoms with van der Waals surface area (Å²) in [6, 6.07) is 52.3. The van der Waals surface area contributed by atoms with Crippen molar-refractivity contribution in [3.05, 3.63) is 146 Å². The summed E-state index contributed by atoms with van der Waals surface area (Å²) >= 11 is 0. The van der Waals surface area contributed by atoms with E-state index in [1.54, 1.807) is 0 Å². The van der Waals surface area contributed by atoms with E-state index in [0.29, 0.717) is 0 Å². The molecule has 10 rings (SSSR count). The molecule has 7 aromatic carbocycles. The quantitative estimate of drug-likeness (QED) is 0.210. The number of aromatic nitrogens is 2. The minimum absolute atomic E-state index is 0.878. The zero-order valence-electron chi connectivity index (χ0n) is 23.2. The van der Waals surface area contributed by atoms with E-state index in [4.69, 9.17) is 4.74 Å². The minimum Gasteiger partial charge on any atom is -0.453 e. The average Bonchev–Trinajstić information content (AvgIpc) is 3.60. The Balaban J connectivity index is 1.23. The molecule has 0 unspecified atom stereocenters. The molecular formula is C40H24N2O. The summed E-state index contributed by atoms with van der Waals surface area (Å²) in [5.74, 6) is 1.77. The molecule has 2 aromatic heterocycles. The van der Waals surface area contributed by atoms with Crippen LogP contribution in [0.3, 0.4) is 0 Å². The van der Waals surface area contributed by atoms with Gasteiger partial charge in [0.05, 0.1) is 27.8 Å². The smallest absolute Gasteiger partial charge is 0.152 e. The molecule has 0 bridgehead atoms. The molecule has 43 heavy (non-hydrogen) atoms. The maximum atomic E-state index is 6.36. The van der Waals surface area contributed by atoms with Gasteiger partial charge in [-0.2, -0.15) is 0 Å². The van der Waals surface area contributed by atoms with E-state index in [2.05, 4.69) is 149 Å². The van der Waals surface area contributed by atoms with Crippen LogP contribution in [0.4, 0.5) is 0 Å². The van der Waals surface area contributed by atoms with Crippen LogP contribution in [0.25, 0.3) is 76.9 Å². The molecular weight excluding hydrogens is 524 g/mol. The van der Waals surface area contributed by atoms with Crippen molar-refractivity contribution in [1.82, 2.24) is 9.13 Å². The highest BCUT2D eigenvalue weighted by molar-refractivity contribution is 6.19. The zero-order valence-corrected chi connectivity index (χ0v) is 23.2. The number of benzene rings is 7. The Morgan fingerprint density at radius 1 is 0.395 bits per heavy atom. The molecule has 0 atom stereocenters. The first kappa shape index (κ1) is 22.8. The first-order valence-corrected chi connectivity index (χ1v) is 14.7. The number of fused-ring (bicyclic) bond motifs is 10. The number of hydrogen-bond acceptors (Lipinski definition) is 1. The summed E-state index contributed by atoms with van der Waals surface area (Å²) in [5.41, 5.74) is 9.41. The second-order valence-electron chi connectivity index (χ2n) is 11.3. The van der Waals surface area contributed by atoms with Crippen LogP contribution in [0.5, 0.6) is 11.5 Å². The van der Waals surface area contributed by atoms with E-state index >= 15 is 0 Å². The molecule has 0 saturated heterocycles. The van der Waals surface area contributed by atoms with Crippen LogP contribution in [-0.4, -0.2) is 9.13 Å². The van der Waals surface area contributed by atoms with E-state index in [9.17, 15) is 0 Å². The Labute approximate surface area is 247 Å². The van der Waals surface area contributed by atoms with Crippen molar-refractivity contribution in [2.45, 2.75) is 0 Å². The van der Waals surface area contributed by atoms with E-state index in [0.717, 1.165) is 28.4 Å². The maximum Gasteiger partial charge on any atom is 0.152 e. The molecule has 9 aromatic rings. The third kappa shape index (κ3) is 3.03. The molecule has 0 aliphatic carbocycles. The standard InChI is InChI=1S/C40H24N2O/c1-2-10-28-25(9-1)21-24-33-30-11-3-4-15-34(30)41(38(28)33)27-22-19-26(20-23-27)29-12-7-13-31-32-14-8-18-37-40(32)42(39(29)31)35-16-5-6-17-36(35)43-37/h1-24H. The zero-order chi connectivity index (χ0) is 28.1. The van der Waals surface area contributed by atoms with Crippen molar-refractivity contribution in [2.75, 3.05) is 0 Å². The predicted molar refractivity (Wildman–Crippen MR) is 178 cm³/mol. The van der Waals surface area contributed by atoms with Crippen molar-refractivity contribution >= 4 is 54.4 Å². The topological polar surface area (TPSA) is 19.1 Å². The van der Waals surface area contributed by atoms with Gasteiger partial charge in [-0.3, -0.25) is 0 Å². The number of rotatable bonds is 2. The number of ether oxygens (including phenoxy) is 1. The SMILES string of the molecule is c1ccc2c(c1)Oc1cccc3c4cccc(-c5ccc(-n6c7ccccc7c7ccc8ccccc8c76)cc5)c4n-2c13. The van der Waals surface area contributed by atoms with Gasteiger partial charge in [-0.15, -0.1) is 0 Å². The van der Waals surface area contributed by atoms with E-state index in [-0.39, 0.29) is 0 Å². The summed E-state index contributed by atoms with van der Waals surface area (Å²) < 4.78 is 11.2. The van der Waals surface area contributed by atoms with Gasteiger partial charge < -0.3 is 13.9 Å². The van der Waals surface area contributed by atoms with Crippen molar-refractivity contribution in [3.63, 3.8) is 0 Å². The van der Waals surface area contributed by atoms with Gasteiger partial charge in [0.25, 0.3) is 0 Å². The Hall–Kier alpha value is -5.80. The number of hydrogen-bond donors (Lipinski definition) is 0. The summed E-state index contributed by atoms with van der Waals surface area (Å²) in [6.07, 6.45) is 0. The van der Waals surface area contributed by atoms with E-state index in [1.165, 1.54) is 60.0 Å². The highest BCUT2D eigenvalue weighted by atomic mass is 16.5. The molecule has 3 heterocycles. The van der Waals surface area contributed by atoms with Gasteiger partial charge in [0.1, 0.15) is 0 Å². The van der Waals surface area contributed by atoms with Gasteiger partial charge in [0.15, 0.2) is 11.5 Å². The van der Waals surface area contributed by atoms with Crippen molar-refractivity contribution in [3.8, 4) is 34.0 Å². The highest BCUT2D eigenvalue weighted by Crippen LogP contribution is 2.47. The largest absolute Gasteiger partial charge is 0.453 e. The maximum absolute atomic E-state index is 6.36. The van der Waals surface area contributed by atoms with Crippen LogP contribution in [-0.2, 0) is 0 Å². The van der Waals surface area contributed by atoms with Gasteiger partial charge in [-0.25, -0.2) is 0 Å². The normalized spacial score (nSPS) is 12.4. The van der Waals surface area contributed by atoms with Crippen LogP contribution < -0.4 is 4.74 Å². The number of para-hydroxylation sites is 5. The molecule has 1 aliphatic heterocycles. The van der Waals surface area contributed by atoms with Gasteiger partial charge in [-0.05, 0) is 47.3 Å². The van der Waals surface area contributed by atoms with Gasteiger partial charge >= 0.3 is 0 Å². The van der Waals surface area contributed by atoms with Crippen LogP contribution in [0, 0.1) is 0 Å². The number of nitrogens with zero attached hydrogens (tertiary/aromatic N) is 2. The lowest BCUT2D eigenvalue weighted by molar-refractivity contribution is 0.476. The summed E-state index contributed by atoms with van der Waals surface area (Å²) in [5, 5.41) is 7.50. The molecule has 0 fully saturated rings. The van der Waals surface area contributed by atoms with Crippen LogP contribution in [0.15, 0.2) is 146 Å². The molecule has 3 nitrogen and oxygen atoms in total. The molecule has 200 valence electrons. The lowest BCUT2D eigenvalue weighted by Crippen LogP contribution is -2.04. The summed E-state index contributed by atoms with van der Waals surface area (Å²) in [6.45, 7) is 0. The molecule has 0 N–H and O–H groups in total. The fraction of sp³-hybridized carbons (Fsp3) is 0. The average molecular weight is 549 g/mol. The first-order valence-electron chi connectivity index (χ1n) is 14.7. The monoisotopic (exact) mass is 548 g/mol. The van der Waals surface area contributed by atoms with E-state index < -0.39 is 0 Å². The third-order valence-electron chi connectivity index (χ3n) is 9.09. The first-order chi connectivity index (χ1) is 21.3. The lowest BCUT2D eigenvalue weighted by atomic mass is 10.0. The molecule has 0 radical (unpaired) electrons. The van der Waals surface area contributed by atoms with Crippen molar-refractivity contribution in [1.29, 1.82) is 0 Å². The van der Waals surface area contributed by atoms with Gasteiger partial charge in [0.2, 0.25) is 0 Å². The Kier molecular flexibility index (Phi) is 4.45. The molecule has 3 heteroatoms.